The third-order valence-electron chi connectivity index (χ3n) is 4.34. The van der Waals surface area contributed by atoms with Gasteiger partial charge in [-0.15, -0.1) is 0 Å². The van der Waals surface area contributed by atoms with E-state index in [4.69, 9.17) is 4.74 Å². The average molecular weight is 258 g/mol. The average Bonchev–Trinajstić information content (AvgIpc) is 3.24. The van der Waals surface area contributed by atoms with E-state index in [2.05, 4.69) is 19.1 Å². The smallest absolute Gasteiger partial charge is 0.314 e. The minimum absolute atomic E-state index is 0.0253. The lowest BCUT2D eigenvalue weighted by Crippen LogP contribution is -2.13. The highest BCUT2D eigenvalue weighted by Gasteiger charge is 2.32. The van der Waals surface area contributed by atoms with Crippen molar-refractivity contribution in [2.24, 2.45) is 5.92 Å². The molecule has 0 N–H and O–H groups in total. The SMILES string of the molecule is Cc1ccc(C2CCCCC2)c(OC(=O)C2CC2)c1. The van der Waals surface area contributed by atoms with Gasteiger partial charge in [-0.3, -0.25) is 4.79 Å². The van der Waals surface area contributed by atoms with Crippen LogP contribution in [-0.2, 0) is 4.79 Å². The third kappa shape index (κ3) is 2.99. The molecule has 0 aromatic heterocycles. The molecule has 0 aliphatic heterocycles. The molecule has 2 aliphatic carbocycles. The van der Waals surface area contributed by atoms with Crippen LogP contribution in [0.1, 0.15) is 62.0 Å². The van der Waals surface area contributed by atoms with Gasteiger partial charge in [0.25, 0.3) is 0 Å². The molecule has 19 heavy (non-hydrogen) atoms. The summed E-state index contributed by atoms with van der Waals surface area (Å²) in [5.41, 5.74) is 2.41. The van der Waals surface area contributed by atoms with E-state index in [9.17, 15) is 4.79 Å². The van der Waals surface area contributed by atoms with Crippen molar-refractivity contribution in [2.75, 3.05) is 0 Å². The van der Waals surface area contributed by atoms with Gasteiger partial charge in [-0.25, -0.2) is 0 Å². The summed E-state index contributed by atoms with van der Waals surface area (Å²) in [5.74, 6) is 1.54. The number of ether oxygens (including phenoxy) is 1. The number of hydrogen-bond acceptors (Lipinski definition) is 2. The molecule has 0 saturated heterocycles. The second kappa shape index (κ2) is 5.36. The Kier molecular flexibility index (Phi) is 3.58. The topological polar surface area (TPSA) is 26.3 Å². The molecule has 1 aromatic rings. The molecule has 2 aliphatic rings. The van der Waals surface area contributed by atoms with Crippen LogP contribution in [0.25, 0.3) is 0 Å². The minimum Gasteiger partial charge on any atom is -0.426 e. The summed E-state index contributed by atoms with van der Waals surface area (Å²) in [6.07, 6.45) is 8.42. The number of carbonyl (C=O) groups excluding carboxylic acids is 1. The molecule has 0 unspecified atom stereocenters. The van der Waals surface area contributed by atoms with Crippen LogP contribution in [0.2, 0.25) is 0 Å². The van der Waals surface area contributed by atoms with Crippen LogP contribution < -0.4 is 4.74 Å². The molecular weight excluding hydrogens is 236 g/mol. The lowest BCUT2D eigenvalue weighted by atomic mass is 9.83. The normalized spacial score (nSPS) is 20.3. The van der Waals surface area contributed by atoms with Gasteiger partial charge in [0.15, 0.2) is 0 Å². The molecule has 0 atom stereocenters. The first kappa shape index (κ1) is 12.7. The van der Waals surface area contributed by atoms with E-state index < -0.39 is 0 Å². The van der Waals surface area contributed by atoms with E-state index in [0.29, 0.717) is 5.92 Å². The largest absolute Gasteiger partial charge is 0.426 e. The Balaban J connectivity index is 1.82. The van der Waals surface area contributed by atoms with Crippen LogP contribution in [0.15, 0.2) is 18.2 Å². The molecule has 102 valence electrons. The van der Waals surface area contributed by atoms with Crippen molar-refractivity contribution in [3.05, 3.63) is 29.3 Å². The van der Waals surface area contributed by atoms with Crippen LogP contribution in [0, 0.1) is 12.8 Å². The van der Waals surface area contributed by atoms with Gasteiger partial charge in [0.1, 0.15) is 5.75 Å². The molecular formula is C17H22O2. The quantitative estimate of drug-likeness (QED) is 0.595. The van der Waals surface area contributed by atoms with Crippen LogP contribution in [0.4, 0.5) is 0 Å². The van der Waals surface area contributed by atoms with Crippen LogP contribution in [0.5, 0.6) is 5.75 Å². The zero-order valence-corrected chi connectivity index (χ0v) is 11.7. The molecule has 2 saturated carbocycles. The molecule has 2 heteroatoms. The summed E-state index contributed by atoms with van der Waals surface area (Å²) in [7, 11) is 0. The highest BCUT2D eigenvalue weighted by molar-refractivity contribution is 5.77. The first-order valence-corrected chi connectivity index (χ1v) is 7.56. The van der Waals surface area contributed by atoms with Gasteiger partial charge in [0.05, 0.1) is 5.92 Å². The van der Waals surface area contributed by atoms with Crippen molar-refractivity contribution in [1.29, 1.82) is 0 Å². The van der Waals surface area contributed by atoms with Crippen molar-refractivity contribution >= 4 is 5.97 Å². The van der Waals surface area contributed by atoms with Crippen molar-refractivity contribution in [1.82, 2.24) is 0 Å². The van der Waals surface area contributed by atoms with Gasteiger partial charge in [-0.2, -0.15) is 0 Å². The van der Waals surface area contributed by atoms with Crippen molar-refractivity contribution in [3.63, 3.8) is 0 Å². The fourth-order valence-corrected chi connectivity index (χ4v) is 2.99. The van der Waals surface area contributed by atoms with E-state index in [1.165, 1.54) is 37.7 Å². The Labute approximate surface area is 115 Å². The Morgan fingerprint density at radius 1 is 1.11 bits per heavy atom. The molecule has 2 fully saturated rings. The first-order valence-electron chi connectivity index (χ1n) is 7.56. The van der Waals surface area contributed by atoms with Gasteiger partial charge in [-0.05, 0) is 55.7 Å². The van der Waals surface area contributed by atoms with Crippen LogP contribution in [-0.4, -0.2) is 5.97 Å². The van der Waals surface area contributed by atoms with E-state index >= 15 is 0 Å². The van der Waals surface area contributed by atoms with Crippen LogP contribution in [0.3, 0.4) is 0 Å². The molecule has 0 bridgehead atoms. The molecule has 0 radical (unpaired) electrons. The number of hydrogen-bond donors (Lipinski definition) is 0. The number of carbonyl (C=O) groups is 1. The Bertz CT molecular complexity index is 468. The molecule has 0 spiro atoms. The summed E-state index contributed by atoms with van der Waals surface area (Å²) < 4.78 is 5.66. The van der Waals surface area contributed by atoms with Gasteiger partial charge < -0.3 is 4.74 Å². The van der Waals surface area contributed by atoms with E-state index in [-0.39, 0.29) is 11.9 Å². The zero-order chi connectivity index (χ0) is 13.2. The summed E-state index contributed by atoms with van der Waals surface area (Å²) in [5, 5.41) is 0. The first-order chi connectivity index (χ1) is 9.24. The molecule has 1 aromatic carbocycles. The monoisotopic (exact) mass is 258 g/mol. The molecule has 0 amide bonds. The highest BCUT2D eigenvalue weighted by atomic mass is 16.5. The molecule has 0 heterocycles. The van der Waals surface area contributed by atoms with Gasteiger partial charge in [-0.1, -0.05) is 31.4 Å². The summed E-state index contributed by atoms with van der Waals surface area (Å²) in [6.45, 7) is 2.05. The van der Waals surface area contributed by atoms with E-state index in [1.54, 1.807) is 0 Å². The Hall–Kier alpha value is -1.31. The van der Waals surface area contributed by atoms with Crippen molar-refractivity contribution in [3.8, 4) is 5.75 Å². The Morgan fingerprint density at radius 3 is 2.53 bits per heavy atom. The standard InChI is InChI=1S/C17H22O2/c1-12-7-10-15(13-5-3-2-4-6-13)16(11-12)19-17(18)14-8-9-14/h7,10-11,13-14H,2-6,8-9H2,1H3. The van der Waals surface area contributed by atoms with E-state index in [0.717, 1.165) is 24.2 Å². The maximum Gasteiger partial charge on any atom is 0.314 e. The second-order valence-electron chi connectivity index (χ2n) is 6.07. The molecule has 2 nitrogen and oxygen atoms in total. The highest BCUT2D eigenvalue weighted by Crippen LogP contribution is 2.39. The van der Waals surface area contributed by atoms with Crippen molar-refractivity contribution < 1.29 is 9.53 Å². The van der Waals surface area contributed by atoms with Gasteiger partial charge in [0, 0.05) is 0 Å². The lowest BCUT2D eigenvalue weighted by Gasteiger charge is -2.24. The fraction of sp³-hybridized carbons (Fsp3) is 0.588. The maximum atomic E-state index is 11.9. The van der Waals surface area contributed by atoms with E-state index in [1.807, 2.05) is 6.07 Å². The second-order valence-corrected chi connectivity index (χ2v) is 6.07. The molecule has 3 rings (SSSR count). The van der Waals surface area contributed by atoms with Crippen molar-refractivity contribution in [2.45, 2.75) is 57.8 Å². The minimum atomic E-state index is -0.0253. The van der Waals surface area contributed by atoms with Crippen LogP contribution >= 0.6 is 0 Å². The number of benzene rings is 1. The Morgan fingerprint density at radius 2 is 1.84 bits per heavy atom. The zero-order valence-electron chi connectivity index (χ0n) is 11.7. The predicted molar refractivity (Wildman–Crippen MR) is 75.4 cm³/mol. The fourth-order valence-electron chi connectivity index (χ4n) is 2.99. The van der Waals surface area contributed by atoms with Gasteiger partial charge in [0.2, 0.25) is 0 Å². The predicted octanol–water partition coefficient (Wildman–Crippen LogP) is 4.36. The number of esters is 1. The summed E-state index contributed by atoms with van der Waals surface area (Å²) in [4.78, 5) is 11.9. The number of aryl methyl sites for hydroxylation is 1. The third-order valence-corrected chi connectivity index (χ3v) is 4.34. The summed E-state index contributed by atoms with van der Waals surface area (Å²) >= 11 is 0. The summed E-state index contributed by atoms with van der Waals surface area (Å²) in [6, 6.07) is 6.34. The maximum absolute atomic E-state index is 11.9. The van der Waals surface area contributed by atoms with Gasteiger partial charge >= 0.3 is 5.97 Å². The lowest BCUT2D eigenvalue weighted by molar-refractivity contribution is -0.135. The number of rotatable bonds is 3.